The fourth-order valence-electron chi connectivity index (χ4n) is 1.94. The van der Waals surface area contributed by atoms with Crippen LogP contribution in [-0.4, -0.2) is 30.3 Å². The molecule has 1 heterocycles. The van der Waals surface area contributed by atoms with Gasteiger partial charge in [0.1, 0.15) is 6.04 Å². The average Bonchev–Trinajstić information content (AvgIpc) is 2.31. The number of rotatable bonds is 5. The number of ether oxygens (including phenoxy) is 1. The van der Waals surface area contributed by atoms with Crippen LogP contribution in [-0.2, 0) is 22.3 Å². The molecule has 0 aliphatic carbocycles. The molecule has 2 N–H and O–H groups in total. The molecule has 0 spiro atoms. The van der Waals surface area contributed by atoms with E-state index in [1.807, 2.05) is 0 Å². The summed E-state index contributed by atoms with van der Waals surface area (Å²) in [6.45, 7) is 0.972. The molecule has 1 aromatic rings. The number of hydrogen-bond acceptors (Lipinski definition) is 3. The van der Waals surface area contributed by atoms with Gasteiger partial charge in [-0.3, -0.25) is 10.1 Å². The van der Waals surface area contributed by atoms with Gasteiger partial charge in [0.15, 0.2) is 0 Å². The average molecular weight is 289 g/mol. The number of nitrogens with one attached hydrogen (secondary N) is 1. The van der Waals surface area contributed by atoms with E-state index in [-0.39, 0.29) is 12.5 Å². The minimum atomic E-state index is -4.36. The summed E-state index contributed by atoms with van der Waals surface area (Å²) in [5, 5.41) is 11.9. The molecule has 1 unspecified atom stereocenters. The molecule has 1 fully saturated rings. The quantitative estimate of drug-likeness (QED) is 0.869. The predicted octanol–water partition coefficient (Wildman–Crippen LogP) is 1.89. The third-order valence-electron chi connectivity index (χ3n) is 3.21. The van der Waals surface area contributed by atoms with E-state index in [9.17, 15) is 18.0 Å². The maximum Gasteiger partial charge on any atom is 0.416 e. The van der Waals surface area contributed by atoms with E-state index >= 15 is 0 Å². The van der Waals surface area contributed by atoms with Gasteiger partial charge in [0.25, 0.3) is 0 Å². The molecule has 2 rings (SSSR count). The Labute approximate surface area is 113 Å². The highest BCUT2D eigenvalue weighted by molar-refractivity contribution is 5.74. The van der Waals surface area contributed by atoms with Crippen molar-refractivity contribution in [2.75, 3.05) is 13.2 Å². The molecule has 110 valence electrons. The Bertz CT molecular complexity index is 469. The Balaban J connectivity index is 1.94. The molecule has 0 amide bonds. The van der Waals surface area contributed by atoms with Crippen LogP contribution < -0.4 is 5.32 Å². The second-order valence-electron chi connectivity index (χ2n) is 4.69. The number of benzene rings is 1. The van der Waals surface area contributed by atoms with Crippen molar-refractivity contribution in [3.05, 3.63) is 35.4 Å². The van der Waals surface area contributed by atoms with Gasteiger partial charge in [-0.05, 0) is 17.7 Å². The molecule has 1 atom stereocenters. The van der Waals surface area contributed by atoms with Crippen molar-refractivity contribution >= 4 is 5.97 Å². The van der Waals surface area contributed by atoms with Crippen molar-refractivity contribution in [1.29, 1.82) is 0 Å². The monoisotopic (exact) mass is 289 g/mol. The first-order valence-electron chi connectivity index (χ1n) is 6.08. The van der Waals surface area contributed by atoms with Gasteiger partial charge in [-0.1, -0.05) is 12.1 Å². The van der Waals surface area contributed by atoms with Gasteiger partial charge in [-0.15, -0.1) is 0 Å². The summed E-state index contributed by atoms with van der Waals surface area (Å²) in [5.74, 6) is -1.08. The Hall–Kier alpha value is -1.60. The molecule has 1 aliphatic rings. The molecular formula is C13H14F3NO3. The second-order valence-corrected chi connectivity index (χ2v) is 4.69. The maximum absolute atomic E-state index is 12.4. The van der Waals surface area contributed by atoms with Crippen LogP contribution in [0.3, 0.4) is 0 Å². The van der Waals surface area contributed by atoms with E-state index in [4.69, 9.17) is 9.84 Å². The second kappa shape index (κ2) is 5.80. The van der Waals surface area contributed by atoms with Crippen LogP contribution in [0, 0.1) is 5.92 Å². The minimum absolute atomic E-state index is 0.0954. The standard InChI is InChI=1S/C13H14F3NO3/c14-13(15,16)10-3-1-8(2-4-10)5-17-11(12(18)19)9-6-20-7-9/h1-4,9,11,17H,5-7H2,(H,18,19). The van der Waals surface area contributed by atoms with Gasteiger partial charge in [-0.2, -0.15) is 13.2 Å². The summed E-state index contributed by atoms with van der Waals surface area (Å²) in [6, 6.07) is 3.90. The highest BCUT2D eigenvalue weighted by Crippen LogP contribution is 2.29. The Morgan fingerprint density at radius 3 is 2.35 bits per heavy atom. The lowest BCUT2D eigenvalue weighted by Crippen LogP contribution is -2.50. The summed E-state index contributed by atoms with van der Waals surface area (Å²) in [7, 11) is 0. The lowest BCUT2D eigenvalue weighted by atomic mass is 9.98. The van der Waals surface area contributed by atoms with Gasteiger partial charge in [0.2, 0.25) is 0 Å². The molecule has 0 saturated carbocycles. The SMILES string of the molecule is O=C(O)C(NCc1ccc(C(F)(F)F)cc1)C1COC1. The molecule has 20 heavy (non-hydrogen) atoms. The molecule has 0 bridgehead atoms. The fourth-order valence-corrected chi connectivity index (χ4v) is 1.94. The lowest BCUT2D eigenvalue weighted by Gasteiger charge is -2.31. The Kier molecular flexibility index (Phi) is 4.29. The first-order chi connectivity index (χ1) is 9.38. The zero-order valence-corrected chi connectivity index (χ0v) is 10.5. The number of carbonyl (C=O) groups is 1. The largest absolute Gasteiger partial charge is 0.480 e. The zero-order chi connectivity index (χ0) is 14.8. The van der Waals surface area contributed by atoms with Crippen molar-refractivity contribution in [3.63, 3.8) is 0 Å². The summed E-state index contributed by atoms with van der Waals surface area (Å²) < 4.78 is 42.1. The van der Waals surface area contributed by atoms with Crippen LogP contribution in [0.5, 0.6) is 0 Å². The number of hydrogen-bond donors (Lipinski definition) is 2. The molecule has 0 aromatic heterocycles. The van der Waals surface area contributed by atoms with Crippen LogP contribution in [0.1, 0.15) is 11.1 Å². The van der Waals surface area contributed by atoms with Gasteiger partial charge in [0.05, 0.1) is 18.8 Å². The summed E-state index contributed by atoms with van der Waals surface area (Å²) in [5.41, 5.74) is -0.118. The summed E-state index contributed by atoms with van der Waals surface area (Å²) in [6.07, 6.45) is -4.36. The lowest BCUT2D eigenvalue weighted by molar-refractivity contribution is -0.147. The summed E-state index contributed by atoms with van der Waals surface area (Å²) in [4.78, 5) is 11.1. The maximum atomic E-state index is 12.4. The van der Waals surface area contributed by atoms with Crippen molar-refractivity contribution < 1.29 is 27.8 Å². The van der Waals surface area contributed by atoms with E-state index in [0.717, 1.165) is 12.1 Å². The highest BCUT2D eigenvalue weighted by atomic mass is 19.4. The molecular weight excluding hydrogens is 275 g/mol. The van der Waals surface area contributed by atoms with Crippen molar-refractivity contribution in [2.24, 2.45) is 5.92 Å². The Morgan fingerprint density at radius 1 is 1.35 bits per heavy atom. The fraction of sp³-hybridized carbons (Fsp3) is 0.462. The third-order valence-corrected chi connectivity index (χ3v) is 3.21. The molecule has 7 heteroatoms. The van der Waals surface area contributed by atoms with E-state index in [2.05, 4.69) is 5.32 Å². The van der Waals surface area contributed by atoms with E-state index < -0.39 is 23.8 Å². The van der Waals surface area contributed by atoms with E-state index in [0.29, 0.717) is 18.8 Å². The van der Waals surface area contributed by atoms with Crippen LogP contribution in [0.4, 0.5) is 13.2 Å². The van der Waals surface area contributed by atoms with Crippen LogP contribution in [0.25, 0.3) is 0 Å². The van der Waals surface area contributed by atoms with Crippen LogP contribution in [0.2, 0.25) is 0 Å². The molecule has 1 aliphatic heterocycles. The first kappa shape index (κ1) is 14.8. The first-order valence-corrected chi connectivity index (χ1v) is 6.08. The van der Waals surface area contributed by atoms with Gasteiger partial charge < -0.3 is 9.84 Å². The molecule has 0 radical (unpaired) electrons. The topological polar surface area (TPSA) is 58.6 Å². The number of carboxylic acid groups (broad SMARTS) is 1. The smallest absolute Gasteiger partial charge is 0.416 e. The van der Waals surface area contributed by atoms with Crippen LogP contribution >= 0.6 is 0 Å². The van der Waals surface area contributed by atoms with Crippen LogP contribution in [0.15, 0.2) is 24.3 Å². The van der Waals surface area contributed by atoms with Gasteiger partial charge >= 0.3 is 12.1 Å². The van der Waals surface area contributed by atoms with Gasteiger partial charge in [0, 0.05) is 12.5 Å². The van der Waals surface area contributed by atoms with Crippen molar-refractivity contribution in [3.8, 4) is 0 Å². The van der Waals surface area contributed by atoms with Gasteiger partial charge in [-0.25, -0.2) is 0 Å². The molecule has 1 aromatic carbocycles. The van der Waals surface area contributed by atoms with E-state index in [1.165, 1.54) is 12.1 Å². The summed E-state index contributed by atoms with van der Waals surface area (Å²) >= 11 is 0. The Morgan fingerprint density at radius 2 is 1.95 bits per heavy atom. The molecule has 4 nitrogen and oxygen atoms in total. The normalized spacial score (nSPS) is 17.6. The number of halogens is 3. The zero-order valence-electron chi connectivity index (χ0n) is 10.5. The highest BCUT2D eigenvalue weighted by Gasteiger charge is 2.33. The minimum Gasteiger partial charge on any atom is -0.480 e. The number of aliphatic carboxylic acids is 1. The van der Waals surface area contributed by atoms with E-state index in [1.54, 1.807) is 0 Å². The van der Waals surface area contributed by atoms with Crippen molar-refractivity contribution in [2.45, 2.75) is 18.8 Å². The predicted molar refractivity (Wildman–Crippen MR) is 64.0 cm³/mol. The molecule has 1 saturated heterocycles. The number of carboxylic acids is 1. The third kappa shape index (κ3) is 3.49. The van der Waals surface area contributed by atoms with Crippen molar-refractivity contribution in [1.82, 2.24) is 5.32 Å². The number of alkyl halides is 3.